The summed E-state index contributed by atoms with van der Waals surface area (Å²) in [6.07, 6.45) is 1.05. The zero-order valence-electron chi connectivity index (χ0n) is 14.2. The molecule has 1 aromatic rings. The summed E-state index contributed by atoms with van der Waals surface area (Å²) >= 11 is 6.26. The highest BCUT2D eigenvalue weighted by Gasteiger charge is 2.37. The smallest absolute Gasteiger partial charge is 0.255 e. The molecular weight excluding hydrogens is 364 g/mol. The minimum atomic E-state index is -3.64. The lowest BCUT2D eigenvalue weighted by atomic mass is 9.91. The Kier molecular flexibility index (Phi) is 4.81. The molecule has 0 aliphatic carbocycles. The quantitative estimate of drug-likeness (QED) is 0.785. The summed E-state index contributed by atoms with van der Waals surface area (Å²) in [5.41, 5.74) is 0.514. The number of anilines is 1. The Morgan fingerprint density at radius 1 is 1.20 bits per heavy atom. The van der Waals surface area contributed by atoms with Gasteiger partial charge in [-0.2, -0.15) is 0 Å². The first-order chi connectivity index (χ1) is 11.7. The first-order valence-corrected chi connectivity index (χ1v) is 10.3. The lowest BCUT2D eigenvalue weighted by Gasteiger charge is -2.35. The van der Waals surface area contributed by atoms with Crippen molar-refractivity contribution in [1.82, 2.24) is 4.90 Å². The third-order valence-electron chi connectivity index (χ3n) is 4.65. The highest BCUT2D eigenvalue weighted by molar-refractivity contribution is 7.94. The van der Waals surface area contributed by atoms with E-state index in [9.17, 15) is 18.0 Å². The van der Waals surface area contributed by atoms with Crippen molar-refractivity contribution in [3.05, 3.63) is 28.8 Å². The van der Waals surface area contributed by atoms with Crippen LogP contribution in [0.15, 0.2) is 18.2 Å². The maximum absolute atomic E-state index is 12.8. The number of likely N-dealkylation sites (tertiary alicyclic amines) is 1. The minimum absolute atomic E-state index is 0.0375. The van der Waals surface area contributed by atoms with Gasteiger partial charge in [-0.15, -0.1) is 0 Å². The van der Waals surface area contributed by atoms with Crippen molar-refractivity contribution < 1.29 is 18.0 Å². The number of rotatable bonds is 2. The third-order valence-corrected chi connectivity index (χ3v) is 6.66. The second kappa shape index (κ2) is 6.61. The lowest BCUT2D eigenvalue weighted by Crippen LogP contribution is -2.42. The van der Waals surface area contributed by atoms with Crippen molar-refractivity contribution in [3.63, 3.8) is 0 Å². The Bertz CT molecular complexity index is 814. The summed E-state index contributed by atoms with van der Waals surface area (Å²) in [6.45, 7) is 5.59. The molecule has 0 radical (unpaired) electrons. The molecule has 0 saturated carbocycles. The zero-order valence-corrected chi connectivity index (χ0v) is 15.8. The molecule has 136 valence electrons. The molecule has 0 N–H and O–H groups in total. The first kappa shape index (κ1) is 18.2. The number of amides is 2. The number of halogens is 1. The third kappa shape index (κ3) is 3.53. The van der Waals surface area contributed by atoms with Crippen LogP contribution in [0.5, 0.6) is 0 Å². The van der Waals surface area contributed by atoms with Gasteiger partial charge in [0, 0.05) is 19.5 Å². The molecular formula is C17H21ClN2O4S. The topological polar surface area (TPSA) is 74.8 Å². The molecule has 2 aliphatic rings. The molecule has 8 heteroatoms. The Hall–Kier alpha value is -1.60. The van der Waals surface area contributed by atoms with Crippen LogP contribution < -0.4 is 4.31 Å². The van der Waals surface area contributed by atoms with Crippen molar-refractivity contribution in [1.29, 1.82) is 0 Å². The van der Waals surface area contributed by atoms with E-state index >= 15 is 0 Å². The van der Waals surface area contributed by atoms with Gasteiger partial charge in [0.2, 0.25) is 15.9 Å². The average Bonchev–Trinajstić information content (AvgIpc) is 2.79. The molecule has 2 amide bonds. The van der Waals surface area contributed by atoms with Crippen LogP contribution in [0.4, 0.5) is 5.69 Å². The predicted molar refractivity (Wildman–Crippen MR) is 96.2 cm³/mol. The van der Waals surface area contributed by atoms with Gasteiger partial charge in [-0.3, -0.25) is 9.59 Å². The van der Waals surface area contributed by atoms with Gasteiger partial charge in [0.1, 0.15) is 0 Å². The van der Waals surface area contributed by atoms with Gasteiger partial charge in [0.15, 0.2) is 0 Å². The molecule has 0 unspecified atom stereocenters. The maximum Gasteiger partial charge on any atom is 0.255 e. The molecule has 6 nitrogen and oxygen atoms in total. The van der Waals surface area contributed by atoms with Crippen molar-refractivity contribution in [3.8, 4) is 0 Å². The lowest BCUT2D eigenvalue weighted by molar-refractivity contribution is -0.116. The molecule has 0 spiro atoms. The van der Waals surface area contributed by atoms with Gasteiger partial charge >= 0.3 is 0 Å². The summed E-state index contributed by atoms with van der Waals surface area (Å²) in [5, 5.41) is 0.156. The fourth-order valence-electron chi connectivity index (χ4n) is 3.67. The Morgan fingerprint density at radius 3 is 2.36 bits per heavy atom. The predicted octanol–water partition coefficient (Wildman–Crippen LogP) is 2.52. The number of sulfonamides is 1. The van der Waals surface area contributed by atoms with Crippen LogP contribution in [0, 0.1) is 11.8 Å². The van der Waals surface area contributed by atoms with Crippen LogP contribution in [-0.4, -0.2) is 44.0 Å². The van der Waals surface area contributed by atoms with E-state index in [1.807, 2.05) is 0 Å². The monoisotopic (exact) mass is 384 g/mol. The van der Waals surface area contributed by atoms with Gasteiger partial charge in [-0.25, -0.2) is 12.7 Å². The van der Waals surface area contributed by atoms with Crippen LogP contribution in [-0.2, 0) is 14.8 Å². The van der Waals surface area contributed by atoms with Gasteiger partial charge in [0.25, 0.3) is 5.91 Å². The van der Waals surface area contributed by atoms with Crippen molar-refractivity contribution in [2.75, 3.05) is 23.1 Å². The first-order valence-electron chi connectivity index (χ1n) is 8.33. The molecule has 2 heterocycles. The van der Waals surface area contributed by atoms with Crippen molar-refractivity contribution >= 4 is 39.1 Å². The van der Waals surface area contributed by atoms with E-state index in [2.05, 4.69) is 13.8 Å². The number of carbonyl (C=O) groups is 2. The molecule has 2 fully saturated rings. The number of hydrogen-bond donors (Lipinski definition) is 0. The van der Waals surface area contributed by atoms with Gasteiger partial charge in [0.05, 0.1) is 22.0 Å². The largest absolute Gasteiger partial charge is 0.338 e. The second-order valence-electron chi connectivity index (χ2n) is 7.04. The zero-order chi connectivity index (χ0) is 18.4. The summed E-state index contributed by atoms with van der Waals surface area (Å²) in [5.74, 6) is 0.0174. The number of piperidine rings is 1. The molecule has 2 saturated heterocycles. The fraction of sp³-hybridized carbons (Fsp3) is 0.529. The van der Waals surface area contributed by atoms with E-state index in [0.29, 0.717) is 30.5 Å². The van der Waals surface area contributed by atoms with E-state index in [1.165, 1.54) is 18.2 Å². The van der Waals surface area contributed by atoms with Crippen LogP contribution in [0.2, 0.25) is 5.02 Å². The highest BCUT2D eigenvalue weighted by atomic mass is 35.5. The Balaban J connectivity index is 1.87. The molecule has 2 aliphatic heterocycles. The van der Waals surface area contributed by atoms with Crippen LogP contribution in [0.25, 0.3) is 0 Å². The van der Waals surface area contributed by atoms with Gasteiger partial charge in [-0.1, -0.05) is 25.4 Å². The van der Waals surface area contributed by atoms with E-state index < -0.39 is 15.9 Å². The summed E-state index contributed by atoms with van der Waals surface area (Å²) in [7, 11) is -3.64. The Morgan fingerprint density at radius 2 is 1.84 bits per heavy atom. The number of benzene rings is 1. The number of carbonyl (C=O) groups excluding carboxylic acids is 2. The summed E-state index contributed by atoms with van der Waals surface area (Å²) in [6, 6.07) is 4.36. The normalized spacial score (nSPS) is 26.1. The highest BCUT2D eigenvalue weighted by Crippen LogP contribution is 2.31. The molecule has 0 aromatic heterocycles. The number of nitrogens with zero attached hydrogens (tertiary/aromatic N) is 2. The molecule has 0 bridgehead atoms. The van der Waals surface area contributed by atoms with E-state index in [4.69, 9.17) is 11.6 Å². The average molecular weight is 385 g/mol. The summed E-state index contributed by atoms with van der Waals surface area (Å²) < 4.78 is 24.8. The van der Waals surface area contributed by atoms with Crippen LogP contribution in [0.1, 0.15) is 37.0 Å². The van der Waals surface area contributed by atoms with E-state index in [0.717, 1.165) is 10.7 Å². The fourth-order valence-corrected chi connectivity index (χ4v) is 5.38. The van der Waals surface area contributed by atoms with E-state index in [-0.39, 0.29) is 28.8 Å². The van der Waals surface area contributed by atoms with E-state index in [1.54, 1.807) is 4.90 Å². The van der Waals surface area contributed by atoms with Gasteiger partial charge < -0.3 is 4.90 Å². The molecule has 1 aromatic carbocycles. The SMILES string of the molecule is C[C@@H]1C[C@H](C)CN(C(=O)c2ccc(N3C(=O)CCS3(=O)=O)cc2Cl)C1. The minimum Gasteiger partial charge on any atom is -0.338 e. The Labute approximate surface area is 152 Å². The molecule has 2 atom stereocenters. The molecule has 25 heavy (non-hydrogen) atoms. The van der Waals surface area contributed by atoms with Crippen LogP contribution >= 0.6 is 11.6 Å². The summed E-state index contributed by atoms with van der Waals surface area (Å²) in [4.78, 5) is 26.4. The maximum atomic E-state index is 12.8. The van der Waals surface area contributed by atoms with Crippen molar-refractivity contribution in [2.24, 2.45) is 11.8 Å². The van der Waals surface area contributed by atoms with Gasteiger partial charge in [-0.05, 0) is 36.5 Å². The van der Waals surface area contributed by atoms with Crippen LogP contribution in [0.3, 0.4) is 0 Å². The standard InChI is InChI=1S/C17H21ClN2O4S/c1-11-7-12(2)10-19(9-11)17(22)14-4-3-13(8-15(14)18)20-16(21)5-6-25(20,23)24/h3-4,8,11-12H,5-7,9-10H2,1-2H3/t11-,12+. The second-order valence-corrected chi connectivity index (χ2v) is 9.39. The number of hydrogen-bond acceptors (Lipinski definition) is 4. The molecule has 3 rings (SSSR count). The van der Waals surface area contributed by atoms with Crippen molar-refractivity contribution in [2.45, 2.75) is 26.7 Å².